The molecule has 5 aromatic rings. The number of hydrogen-bond donors (Lipinski definition) is 3. The molecule has 2 aliphatic heterocycles. The van der Waals surface area contributed by atoms with E-state index < -0.39 is 11.9 Å². The lowest BCUT2D eigenvalue weighted by Crippen LogP contribution is -2.46. The van der Waals surface area contributed by atoms with Gasteiger partial charge in [0.15, 0.2) is 5.82 Å². The van der Waals surface area contributed by atoms with Crippen LogP contribution in [0, 0.1) is 0 Å². The fourth-order valence-corrected chi connectivity index (χ4v) is 7.34. The molecule has 0 bridgehead atoms. The van der Waals surface area contributed by atoms with Gasteiger partial charge in [0.1, 0.15) is 11.8 Å². The van der Waals surface area contributed by atoms with Gasteiger partial charge in [-0.25, -0.2) is 4.79 Å². The van der Waals surface area contributed by atoms with Crippen LogP contribution in [-0.4, -0.2) is 92.0 Å². The zero-order valence-corrected chi connectivity index (χ0v) is 30.0. The van der Waals surface area contributed by atoms with Gasteiger partial charge in [-0.15, -0.1) is 10.2 Å². The van der Waals surface area contributed by atoms with Crippen molar-refractivity contribution in [2.75, 3.05) is 51.7 Å². The van der Waals surface area contributed by atoms with E-state index in [9.17, 15) is 19.5 Å². The summed E-state index contributed by atoms with van der Waals surface area (Å²) in [4.78, 5) is 42.1. The van der Waals surface area contributed by atoms with Gasteiger partial charge in [0.05, 0.1) is 16.7 Å². The number of piperazine rings is 1. The molecular formula is C40H46N8O5. The zero-order chi connectivity index (χ0) is 36.9. The summed E-state index contributed by atoms with van der Waals surface area (Å²) in [6, 6.07) is 22.6. The lowest BCUT2D eigenvalue weighted by atomic mass is 10.0. The van der Waals surface area contributed by atoms with Gasteiger partial charge in [0.25, 0.3) is 0 Å². The third kappa shape index (κ3) is 8.17. The van der Waals surface area contributed by atoms with Gasteiger partial charge in [-0.2, -0.15) is 0 Å². The first-order valence-corrected chi connectivity index (χ1v) is 18.3. The van der Waals surface area contributed by atoms with Crippen molar-refractivity contribution in [1.82, 2.24) is 34.4 Å². The Balaban J connectivity index is 0.808. The largest absolute Gasteiger partial charge is 0.507 e. The van der Waals surface area contributed by atoms with E-state index in [2.05, 4.69) is 49.6 Å². The van der Waals surface area contributed by atoms with Gasteiger partial charge >= 0.3 is 5.69 Å². The van der Waals surface area contributed by atoms with Crippen molar-refractivity contribution in [3.05, 3.63) is 94.4 Å². The first kappa shape index (κ1) is 36.0. The number of nitrogens with two attached hydrogens (primary N) is 1. The minimum absolute atomic E-state index is 0.152. The third-order valence-corrected chi connectivity index (χ3v) is 10.3. The number of para-hydroxylation sites is 1. The normalized spacial score (nSPS) is 17.0. The molecule has 2 amide bonds. The predicted octanol–water partition coefficient (Wildman–Crippen LogP) is 3.89. The number of carbonyl (C=O) groups excluding carboxylic acids is 2. The molecule has 13 heteroatoms. The number of rotatable bonds is 13. The molecule has 0 saturated carbocycles. The summed E-state index contributed by atoms with van der Waals surface area (Å²) in [5, 5.41) is 21.0. The lowest BCUT2D eigenvalue weighted by Gasteiger charge is -2.34. The highest BCUT2D eigenvalue weighted by molar-refractivity contribution is 6.00. The molecule has 2 aromatic heterocycles. The Bertz CT molecular complexity index is 2150. The van der Waals surface area contributed by atoms with Crippen molar-refractivity contribution < 1.29 is 19.4 Å². The highest BCUT2D eigenvalue weighted by Crippen LogP contribution is 2.32. The van der Waals surface area contributed by atoms with Crippen molar-refractivity contribution in [1.29, 1.82) is 0 Å². The van der Waals surface area contributed by atoms with E-state index in [1.165, 1.54) is 10.1 Å². The van der Waals surface area contributed by atoms with Crippen LogP contribution in [0.2, 0.25) is 0 Å². The minimum Gasteiger partial charge on any atom is -0.507 e. The summed E-state index contributed by atoms with van der Waals surface area (Å²) in [6.45, 7) is 7.39. The maximum absolute atomic E-state index is 13.0. The SMILES string of the molecule is Cn1c(=O)n(C2CCC(=O)NC2=O)c2ccc(CCCOCCCN3CCN(Cc4ccc(-c5cc(-c6ccccc6O)nnc5N)cc4)CC3)cc21. The van der Waals surface area contributed by atoms with Crippen LogP contribution in [0.15, 0.2) is 77.6 Å². The predicted molar refractivity (Wildman–Crippen MR) is 203 cm³/mol. The summed E-state index contributed by atoms with van der Waals surface area (Å²) in [6.07, 6.45) is 3.24. The number of carbonyl (C=O) groups is 2. The minimum atomic E-state index is -0.678. The second kappa shape index (κ2) is 16.1. The number of hydrogen-bond acceptors (Lipinski definition) is 10. The Morgan fingerprint density at radius 3 is 2.36 bits per heavy atom. The van der Waals surface area contributed by atoms with Gasteiger partial charge in [-0.05, 0) is 72.7 Å². The molecule has 53 heavy (non-hydrogen) atoms. The number of nitrogens with one attached hydrogen (secondary N) is 1. The van der Waals surface area contributed by atoms with E-state index in [-0.39, 0.29) is 23.8 Å². The van der Waals surface area contributed by atoms with Gasteiger partial charge in [0.2, 0.25) is 11.8 Å². The van der Waals surface area contributed by atoms with Crippen LogP contribution in [-0.2, 0) is 34.3 Å². The van der Waals surface area contributed by atoms with Crippen LogP contribution < -0.4 is 16.7 Å². The second-order valence-electron chi connectivity index (χ2n) is 13.9. The Labute approximate surface area is 308 Å². The maximum atomic E-state index is 13.0. The Morgan fingerprint density at radius 1 is 0.849 bits per heavy atom. The molecule has 4 N–H and O–H groups in total. The Kier molecular flexibility index (Phi) is 10.9. The van der Waals surface area contributed by atoms with Crippen molar-refractivity contribution in [2.45, 2.75) is 44.7 Å². The first-order valence-electron chi connectivity index (χ1n) is 18.3. The Hall–Kier alpha value is -5.37. The number of aromatic nitrogens is 4. The number of anilines is 1. The van der Waals surface area contributed by atoms with Crippen LogP contribution in [0.1, 0.15) is 42.9 Å². The molecule has 7 rings (SSSR count). The average molecular weight is 719 g/mol. The molecule has 2 saturated heterocycles. The number of amides is 2. The fourth-order valence-electron chi connectivity index (χ4n) is 7.34. The van der Waals surface area contributed by atoms with Crippen molar-refractivity contribution >= 4 is 28.7 Å². The molecule has 4 heterocycles. The van der Waals surface area contributed by atoms with E-state index in [0.717, 1.165) is 87.3 Å². The molecular weight excluding hydrogens is 672 g/mol. The van der Waals surface area contributed by atoms with Crippen LogP contribution in [0.3, 0.4) is 0 Å². The lowest BCUT2D eigenvalue weighted by molar-refractivity contribution is -0.135. The highest BCUT2D eigenvalue weighted by Gasteiger charge is 2.31. The number of piperidine rings is 1. The van der Waals surface area contributed by atoms with Gasteiger partial charge in [-0.1, -0.05) is 42.5 Å². The molecule has 1 unspecified atom stereocenters. The molecule has 3 aromatic carbocycles. The molecule has 0 spiro atoms. The number of ether oxygens (including phenoxy) is 1. The molecule has 2 fully saturated rings. The van der Waals surface area contributed by atoms with Gasteiger partial charge in [-0.3, -0.25) is 28.9 Å². The van der Waals surface area contributed by atoms with Crippen molar-refractivity contribution in [2.24, 2.45) is 7.05 Å². The number of fused-ring (bicyclic) bond motifs is 1. The molecule has 1 atom stereocenters. The maximum Gasteiger partial charge on any atom is 0.329 e. The van der Waals surface area contributed by atoms with E-state index >= 15 is 0 Å². The van der Waals surface area contributed by atoms with Crippen molar-refractivity contribution in [3.63, 3.8) is 0 Å². The number of nitrogens with zero attached hydrogens (tertiary/aromatic N) is 6. The number of nitrogen functional groups attached to an aromatic ring is 1. The molecule has 0 aliphatic carbocycles. The number of phenols is 1. The van der Waals surface area contributed by atoms with E-state index in [1.54, 1.807) is 23.7 Å². The summed E-state index contributed by atoms with van der Waals surface area (Å²) < 4.78 is 9.06. The quantitative estimate of drug-likeness (QED) is 0.120. The number of imidazole rings is 1. The summed E-state index contributed by atoms with van der Waals surface area (Å²) in [7, 11) is 1.72. The number of phenolic OH excluding ortho intramolecular Hbond substituents is 1. The van der Waals surface area contributed by atoms with Crippen LogP contribution >= 0.6 is 0 Å². The third-order valence-electron chi connectivity index (χ3n) is 10.3. The van der Waals surface area contributed by atoms with Gasteiger partial charge in [0, 0.05) is 77.1 Å². The van der Waals surface area contributed by atoms with E-state index in [4.69, 9.17) is 10.5 Å². The van der Waals surface area contributed by atoms with E-state index in [0.29, 0.717) is 35.6 Å². The van der Waals surface area contributed by atoms with E-state index in [1.807, 2.05) is 36.4 Å². The number of imide groups is 1. The standard InChI is InChI=1S/C40H46N8O5/c1-45-35-24-27(11-14-33(35)48(40(45)52)34-15-16-37(50)42-39(34)51)6-4-22-53-23-5-17-46-18-20-47(21-19-46)26-28-9-12-29(13-10-28)31-25-32(43-44-38(31)41)30-7-2-3-8-36(30)49/h2-3,7-14,24-25,34,49H,4-6,15-23,26H2,1H3,(H2,41,44)(H,42,50,51). The molecule has 13 nitrogen and oxygen atoms in total. The zero-order valence-electron chi connectivity index (χ0n) is 30.0. The summed E-state index contributed by atoms with van der Waals surface area (Å²) >= 11 is 0. The van der Waals surface area contributed by atoms with Crippen LogP contribution in [0.4, 0.5) is 5.82 Å². The highest BCUT2D eigenvalue weighted by atomic mass is 16.5. The molecule has 276 valence electrons. The topological polar surface area (TPSA) is 161 Å². The van der Waals surface area contributed by atoms with Gasteiger partial charge < -0.3 is 20.5 Å². The number of aromatic hydroxyl groups is 1. The molecule has 0 radical (unpaired) electrons. The molecule has 2 aliphatic rings. The summed E-state index contributed by atoms with van der Waals surface area (Å²) in [5.74, 6) is -0.218. The summed E-state index contributed by atoms with van der Waals surface area (Å²) in [5.41, 5.74) is 12.7. The average Bonchev–Trinajstić information content (AvgIpc) is 3.41. The van der Waals surface area contributed by atoms with Crippen LogP contribution in [0.25, 0.3) is 33.4 Å². The monoisotopic (exact) mass is 718 g/mol. The first-order chi connectivity index (χ1) is 25.7. The second-order valence-corrected chi connectivity index (χ2v) is 13.9. The Morgan fingerprint density at radius 2 is 1.58 bits per heavy atom. The fraction of sp³-hybridized carbons (Fsp3) is 0.375. The number of aryl methyl sites for hydroxylation is 2. The van der Waals surface area contributed by atoms with Crippen molar-refractivity contribution in [3.8, 4) is 28.1 Å². The smallest absolute Gasteiger partial charge is 0.329 e. The number of benzene rings is 3. The van der Waals surface area contributed by atoms with Crippen LogP contribution in [0.5, 0.6) is 5.75 Å².